The van der Waals surface area contributed by atoms with Crippen molar-refractivity contribution in [3.63, 3.8) is 0 Å². The third-order valence-corrected chi connectivity index (χ3v) is 4.07. The average Bonchev–Trinajstić information content (AvgIpc) is 2.93. The zero-order valence-electron chi connectivity index (χ0n) is 12.0. The number of hydrogen-bond acceptors (Lipinski definition) is 3. The highest BCUT2D eigenvalue weighted by molar-refractivity contribution is 6.31. The molecule has 1 aromatic carbocycles. The largest absolute Gasteiger partial charge is 0.495 e. The molecule has 0 aromatic heterocycles. The number of nitrogens with one attached hydrogen (secondary N) is 2. The number of hydrogen-bond donors (Lipinski definition) is 2. The van der Waals surface area contributed by atoms with Crippen molar-refractivity contribution in [3.05, 3.63) is 22.7 Å². The Balaban J connectivity index is 1.94. The summed E-state index contributed by atoms with van der Waals surface area (Å²) >= 11 is 6.04. The predicted octanol–water partition coefficient (Wildman–Crippen LogP) is 3.13. The van der Waals surface area contributed by atoms with E-state index in [9.17, 15) is 4.79 Å². The number of carbonyl (C=O) groups is 1. The standard InChI is InChI=1S/C15H21ClN2O2/c1-10-7-13(14(20-2)8-12(10)16)18-15(19)9-17-11-5-3-4-6-11/h7-8,11,17H,3-6,9H2,1-2H3,(H,18,19). The van der Waals surface area contributed by atoms with Gasteiger partial charge in [-0.2, -0.15) is 0 Å². The second-order valence-electron chi connectivity index (χ2n) is 5.21. The van der Waals surface area contributed by atoms with Gasteiger partial charge in [0.1, 0.15) is 5.75 Å². The summed E-state index contributed by atoms with van der Waals surface area (Å²) in [5.41, 5.74) is 1.57. The fourth-order valence-corrected chi connectivity index (χ4v) is 2.64. The molecule has 1 aromatic rings. The maximum Gasteiger partial charge on any atom is 0.238 e. The molecule has 0 aliphatic heterocycles. The van der Waals surface area contributed by atoms with Crippen molar-refractivity contribution >= 4 is 23.2 Å². The Hall–Kier alpha value is -1.26. The highest BCUT2D eigenvalue weighted by Gasteiger charge is 2.16. The third kappa shape index (κ3) is 3.87. The Morgan fingerprint density at radius 1 is 1.40 bits per heavy atom. The molecular formula is C15H21ClN2O2. The lowest BCUT2D eigenvalue weighted by Crippen LogP contribution is -2.34. The Morgan fingerprint density at radius 3 is 2.75 bits per heavy atom. The molecule has 1 amide bonds. The summed E-state index contributed by atoms with van der Waals surface area (Å²) in [6, 6.07) is 4.03. The van der Waals surface area contributed by atoms with E-state index in [4.69, 9.17) is 16.3 Å². The second kappa shape index (κ2) is 6.95. The van der Waals surface area contributed by atoms with Crippen LogP contribution in [0.4, 0.5) is 5.69 Å². The van der Waals surface area contributed by atoms with Crippen LogP contribution >= 0.6 is 11.6 Å². The van der Waals surface area contributed by atoms with Crippen molar-refractivity contribution in [1.82, 2.24) is 5.32 Å². The molecular weight excluding hydrogens is 276 g/mol. The Morgan fingerprint density at radius 2 is 2.10 bits per heavy atom. The van der Waals surface area contributed by atoms with E-state index in [1.807, 2.05) is 13.0 Å². The summed E-state index contributed by atoms with van der Waals surface area (Å²) < 4.78 is 5.24. The number of methoxy groups -OCH3 is 1. The maximum absolute atomic E-state index is 12.0. The SMILES string of the molecule is COc1cc(Cl)c(C)cc1NC(=O)CNC1CCCC1. The van der Waals surface area contributed by atoms with E-state index in [2.05, 4.69) is 10.6 Å². The number of aryl methyl sites for hydroxylation is 1. The van der Waals surface area contributed by atoms with E-state index < -0.39 is 0 Å². The van der Waals surface area contributed by atoms with E-state index in [0.717, 1.165) is 18.4 Å². The lowest BCUT2D eigenvalue weighted by atomic mass is 10.2. The summed E-state index contributed by atoms with van der Waals surface area (Å²) in [4.78, 5) is 12.0. The number of carbonyl (C=O) groups excluding carboxylic acids is 1. The predicted molar refractivity (Wildman–Crippen MR) is 81.6 cm³/mol. The van der Waals surface area contributed by atoms with Crippen molar-refractivity contribution in [2.75, 3.05) is 19.0 Å². The molecule has 1 aliphatic carbocycles. The van der Waals surface area contributed by atoms with Crippen LogP contribution in [0.2, 0.25) is 5.02 Å². The first-order valence-corrected chi connectivity index (χ1v) is 7.35. The van der Waals surface area contributed by atoms with Gasteiger partial charge >= 0.3 is 0 Å². The number of anilines is 1. The number of amides is 1. The Bertz CT molecular complexity index is 485. The van der Waals surface area contributed by atoms with Crippen molar-refractivity contribution in [3.8, 4) is 5.75 Å². The summed E-state index contributed by atoms with van der Waals surface area (Å²) in [6.45, 7) is 2.23. The van der Waals surface area contributed by atoms with Gasteiger partial charge in [-0.1, -0.05) is 24.4 Å². The Labute approximate surface area is 124 Å². The lowest BCUT2D eigenvalue weighted by Gasteiger charge is -2.14. The van der Waals surface area contributed by atoms with Crippen molar-refractivity contribution in [1.29, 1.82) is 0 Å². The fraction of sp³-hybridized carbons (Fsp3) is 0.533. The Kier molecular flexibility index (Phi) is 5.26. The highest BCUT2D eigenvalue weighted by atomic mass is 35.5. The molecule has 20 heavy (non-hydrogen) atoms. The van der Waals surface area contributed by atoms with Gasteiger partial charge in [0.15, 0.2) is 0 Å². The molecule has 0 spiro atoms. The van der Waals surface area contributed by atoms with E-state index in [1.54, 1.807) is 13.2 Å². The molecule has 0 bridgehead atoms. The lowest BCUT2D eigenvalue weighted by molar-refractivity contribution is -0.115. The molecule has 2 N–H and O–H groups in total. The normalized spacial score (nSPS) is 15.3. The molecule has 110 valence electrons. The first-order valence-electron chi connectivity index (χ1n) is 6.97. The van der Waals surface area contributed by atoms with Crippen LogP contribution in [0.5, 0.6) is 5.75 Å². The minimum absolute atomic E-state index is 0.0584. The van der Waals surface area contributed by atoms with E-state index in [1.165, 1.54) is 12.8 Å². The van der Waals surface area contributed by atoms with E-state index in [0.29, 0.717) is 29.0 Å². The molecule has 0 atom stereocenters. The van der Waals surface area contributed by atoms with Crippen molar-refractivity contribution < 1.29 is 9.53 Å². The van der Waals surface area contributed by atoms with Crippen LogP contribution in [0.15, 0.2) is 12.1 Å². The maximum atomic E-state index is 12.0. The van der Waals surface area contributed by atoms with Crippen LogP contribution < -0.4 is 15.4 Å². The van der Waals surface area contributed by atoms with Crippen molar-refractivity contribution in [2.24, 2.45) is 0 Å². The van der Waals surface area contributed by atoms with E-state index in [-0.39, 0.29) is 5.91 Å². The molecule has 0 radical (unpaired) electrons. The molecule has 0 unspecified atom stereocenters. The summed E-state index contributed by atoms with van der Waals surface area (Å²) in [6.07, 6.45) is 4.83. The topological polar surface area (TPSA) is 50.4 Å². The summed E-state index contributed by atoms with van der Waals surface area (Å²) in [5.74, 6) is 0.520. The van der Waals surface area contributed by atoms with Gasteiger partial charge in [0, 0.05) is 17.1 Å². The zero-order chi connectivity index (χ0) is 14.5. The van der Waals surface area contributed by atoms with Gasteiger partial charge in [0.05, 0.1) is 19.3 Å². The van der Waals surface area contributed by atoms with Crippen LogP contribution in [0.25, 0.3) is 0 Å². The number of benzene rings is 1. The minimum atomic E-state index is -0.0584. The number of halogens is 1. The summed E-state index contributed by atoms with van der Waals surface area (Å²) in [5, 5.41) is 6.78. The van der Waals surface area contributed by atoms with Gasteiger partial charge in [-0.05, 0) is 31.4 Å². The molecule has 2 rings (SSSR count). The van der Waals surface area contributed by atoms with Crippen molar-refractivity contribution in [2.45, 2.75) is 38.6 Å². The van der Waals surface area contributed by atoms with Crippen LogP contribution in [-0.2, 0) is 4.79 Å². The molecule has 0 saturated heterocycles. The van der Waals surface area contributed by atoms with Gasteiger partial charge < -0.3 is 15.4 Å². The molecule has 4 nitrogen and oxygen atoms in total. The van der Waals surface area contributed by atoms with E-state index >= 15 is 0 Å². The molecule has 0 heterocycles. The molecule has 1 fully saturated rings. The molecule has 1 saturated carbocycles. The van der Waals surface area contributed by atoms with Crippen LogP contribution in [0.1, 0.15) is 31.2 Å². The third-order valence-electron chi connectivity index (χ3n) is 3.66. The quantitative estimate of drug-likeness (QED) is 0.878. The monoisotopic (exact) mass is 296 g/mol. The number of rotatable bonds is 5. The highest BCUT2D eigenvalue weighted by Crippen LogP contribution is 2.30. The van der Waals surface area contributed by atoms with Crippen LogP contribution in [0, 0.1) is 6.92 Å². The molecule has 5 heteroatoms. The summed E-state index contributed by atoms with van der Waals surface area (Å²) in [7, 11) is 1.56. The molecule has 1 aliphatic rings. The zero-order valence-corrected chi connectivity index (χ0v) is 12.7. The van der Waals surface area contributed by atoms with Crippen LogP contribution in [-0.4, -0.2) is 25.6 Å². The van der Waals surface area contributed by atoms with Gasteiger partial charge in [-0.3, -0.25) is 4.79 Å². The van der Waals surface area contributed by atoms with Gasteiger partial charge in [0.2, 0.25) is 5.91 Å². The van der Waals surface area contributed by atoms with Crippen LogP contribution in [0.3, 0.4) is 0 Å². The van der Waals surface area contributed by atoms with Gasteiger partial charge in [-0.25, -0.2) is 0 Å². The van der Waals surface area contributed by atoms with Gasteiger partial charge in [0.25, 0.3) is 0 Å². The first kappa shape index (κ1) is 15.1. The second-order valence-corrected chi connectivity index (χ2v) is 5.62. The van der Waals surface area contributed by atoms with Gasteiger partial charge in [-0.15, -0.1) is 0 Å². The fourth-order valence-electron chi connectivity index (χ4n) is 2.49. The average molecular weight is 297 g/mol. The first-order chi connectivity index (χ1) is 9.60. The minimum Gasteiger partial charge on any atom is -0.495 e. The smallest absolute Gasteiger partial charge is 0.238 e. The number of ether oxygens (including phenoxy) is 1.